The number of nitrogens with one attached hydrogen (secondary N) is 1. The van der Waals surface area contributed by atoms with Crippen LogP contribution in [0.25, 0.3) is 0 Å². The van der Waals surface area contributed by atoms with Crippen molar-refractivity contribution in [1.82, 2.24) is 9.62 Å². The Balaban J connectivity index is 0.00000169. The SMILES string of the molecule is COCCS(=O)(=O)N(C)C1CNC1.Cl. The van der Waals surface area contributed by atoms with Gasteiger partial charge in [0.05, 0.1) is 12.4 Å². The standard InChI is InChI=1S/C7H16N2O3S.ClH/c1-9(7-5-8-6-7)13(10,11)4-3-12-2;/h7-8H,3-6H2,1-2H3;1H. The number of sulfonamides is 1. The Morgan fingerprint density at radius 3 is 2.43 bits per heavy atom. The Kier molecular flexibility index (Phi) is 5.92. The molecule has 1 N–H and O–H groups in total. The molecule has 1 aliphatic heterocycles. The average molecular weight is 245 g/mol. The second-order valence-electron chi connectivity index (χ2n) is 3.14. The molecule has 7 heteroatoms. The minimum Gasteiger partial charge on any atom is -0.384 e. The highest BCUT2D eigenvalue weighted by molar-refractivity contribution is 7.89. The molecule has 0 atom stereocenters. The number of hydrogen-bond acceptors (Lipinski definition) is 4. The summed E-state index contributed by atoms with van der Waals surface area (Å²) in [7, 11) is 0.00776. The fourth-order valence-electron chi connectivity index (χ4n) is 1.09. The normalized spacial score (nSPS) is 17.6. The summed E-state index contributed by atoms with van der Waals surface area (Å²) in [6.45, 7) is 1.76. The summed E-state index contributed by atoms with van der Waals surface area (Å²) in [6, 6.07) is 0.127. The van der Waals surface area contributed by atoms with Crippen LogP contribution in [-0.2, 0) is 14.8 Å². The van der Waals surface area contributed by atoms with Gasteiger partial charge in [0.2, 0.25) is 10.0 Å². The molecular formula is C7H17ClN2O3S. The lowest BCUT2D eigenvalue weighted by atomic mass is 10.2. The number of ether oxygens (including phenoxy) is 1. The largest absolute Gasteiger partial charge is 0.384 e. The lowest BCUT2D eigenvalue weighted by molar-refractivity contribution is 0.213. The molecule has 5 nitrogen and oxygen atoms in total. The van der Waals surface area contributed by atoms with Crippen molar-refractivity contribution in [2.75, 3.05) is 39.6 Å². The maximum atomic E-state index is 11.5. The molecule has 86 valence electrons. The van der Waals surface area contributed by atoms with E-state index >= 15 is 0 Å². The fourth-order valence-corrected chi connectivity index (χ4v) is 2.36. The number of likely N-dealkylation sites (N-methyl/N-ethyl adjacent to an activating group) is 1. The van der Waals surface area contributed by atoms with Gasteiger partial charge in [-0.2, -0.15) is 4.31 Å². The number of halogens is 1. The third-order valence-corrected chi connectivity index (χ3v) is 4.12. The van der Waals surface area contributed by atoms with Crippen LogP contribution >= 0.6 is 12.4 Å². The highest BCUT2D eigenvalue weighted by atomic mass is 35.5. The molecule has 0 radical (unpaired) electrons. The van der Waals surface area contributed by atoms with Crippen LogP contribution in [0.3, 0.4) is 0 Å². The molecule has 1 aliphatic rings. The van der Waals surface area contributed by atoms with Crippen molar-refractivity contribution in [1.29, 1.82) is 0 Å². The molecule has 0 bridgehead atoms. The predicted octanol–water partition coefficient (Wildman–Crippen LogP) is -0.712. The van der Waals surface area contributed by atoms with Crippen molar-refractivity contribution in [3.63, 3.8) is 0 Å². The van der Waals surface area contributed by atoms with Crippen LogP contribution in [-0.4, -0.2) is 58.4 Å². The molecule has 0 aromatic carbocycles. The highest BCUT2D eigenvalue weighted by Gasteiger charge is 2.29. The Hall–Kier alpha value is 0.120. The van der Waals surface area contributed by atoms with Gasteiger partial charge >= 0.3 is 0 Å². The number of rotatable bonds is 5. The monoisotopic (exact) mass is 244 g/mol. The summed E-state index contributed by atoms with van der Waals surface area (Å²) in [6.07, 6.45) is 0. The van der Waals surface area contributed by atoms with Crippen LogP contribution in [0.5, 0.6) is 0 Å². The van der Waals surface area contributed by atoms with Gasteiger partial charge in [0.25, 0.3) is 0 Å². The zero-order valence-electron chi connectivity index (χ0n) is 8.39. The first kappa shape index (κ1) is 14.1. The zero-order chi connectivity index (χ0) is 9.90. The van der Waals surface area contributed by atoms with Crippen molar-refractivity contribution in [3.8, 4) is 0 Å². The molecule has 0 saturated carbocycles. The molecule has 0 aliphatic carbocycles. The van der Waals surface area contributed by atoms with E-state index in [9.17, 15) is 8.42 Å². The van der Waals surface area contributed by atoms with Crippen LogP contribution < -0.4 is 5.32 Å². The third-order valence-electron chi connectivity index (χ3n) is 2.26. The Morgan fingerprint density at radius 1 is 1.50 bits per heavy atom. The molecule has 1 rings (SSSR count). The van der Waals surface area contributed by atoms with E-state index in [4.69, 9.17) is 4.74 Å². The van der Waals surface area contributed by atoms with E-state index in [1.807, 2.05) is 0 Å². The van der Waals surface area contributed by atoms with Crippen LogP contribution in [0, 0.1) is 0 Å². The van der Waals surface area contributed by atoms with E-state index < -0.39 is 10.0 Å². The summed E-state index contributed by atoms with van der Waals surface area (Å²) in [5.41, 5.74) is 0. The van der Waals surface area contributed by atoms with Gasteiger partial charge in [-0.15, -0.1) is 12.4 Å². The Labute approximate surface area is 91.3 Å². The molecule has 0 aromatic heterocycles. The molecule has 0 aromatic rings. The second kappa shape index (κ2) is 5.87. The van der Waals surface area contributed by atoms with Gasteiger partial charge in [-0.25, -0.2) is 8.42 Å². The molecule has 0 spiro atoms. The average Bonchev–Trinajstić information content (AvgIpc) is 1.97. The summed E-state index contributed by atoms with van der Waals surface area (Å²) in [5, 5.41) is 3.03. The van der Waals surface area contributed by atoms with Gasteiger partial charge in [-0.05, 0) is 0 Å². The van der Waals surface area contributed by atoms with E-state index in [1.165, 1.54) is 11.4 Å². The molecule has 1 fully saturated rings. The molecule has 0 unspecified atom stereocenters. The van der Waals surface area contributed by atoms with Gasteiger partial charge in [0, 0.05) is 33.3 Å². The van der Waals surface area contributed by atoms with Crippen LogP contribution in [0.4, 0.5) is 0 Å². The minimum atomic E-state index is -3.11. The smallest absolute Gasteiger partial charge is 0.216 e. The summed E-state index contributed by atoms with van der Waals surface area (Å²) >= 11 is 0. The quantitative estimate of drug-likeness (QED) is 0.694. The van der Waals surface area contributed by atoms with Crippen LogP contribution in [0.2, 0.25) is 0 Å². The summed E-state index contributed by atoms with van der Waals surface area (Å²) < 4.78 is 29.3. The van der Waals surface area contributed by atoms with Crippen LogP contribution in [0.15, 0.2) is 0 Å². The topological polar surface area (TPSA) is 58.6 Å². The predicted molar refractivity (Wildman–Crippen MR) is 57.3 cm³/mol. The first-order chi connectivity index (χ1) is 6.08. The van der Waals surface area contributed by atoms with E-state index in [0.29, 0.717) is 0 Å². The van der Waals surface area contributed by atoms with Gasteiger partial charge in [-0.3, -0.25) is 0 Å². The number of methoxy groups -OCH3 is 1. The fraction of sp³-hybridized carbons (Fsp3) is 1.00. The lowest BCUT2D eigenvalue weighted by Crippen LogP contribution is -2.57. The van der Waals surface area contributed by atoms with Crippen molar-refractivity contribution >= 4 is 22.4 Å². The van der Waals surface area contributed by atoms with Gasteiger partial charge in [-0.1, -0.05) is 0 Å². The number of hydrogen-bond donors (Lipinski definition) is 1. The van der Waals surface area contributed by atoms with Crippen molar-refractivity contribution in [3.05, 3.63) is 0 Å². The maximum Gasteiger partial charge on any atom is 0.216 e. The van der Waals surface area contributed by atoms with Crippen molar-refractivity contribution in [2.24, 2.45) is 0 Å². The Morgan fingerprint density at radius 2 is 2.07 bits per heavy atom. The van der Waals surface area contributed by atoms with Crippen LogP contribution in [0.1, 0.15) is 0 Å². The van der Waals surface area contributed by atoms with Gasteiger partial charge in [0.1, 0.15) is 0 Å². The number of nitrogens with zero attached hydrogens (tertiary/aromatic N) is 1. The molecular weight excluding hydrogens is 228 g/mol. The maximum absolute atomic E-state index is 11.5. The first-order valence-electron chi connectivity index (χ1n) is 4.23. The van der Waals surface area contributed by atoms with E-state index in [1.54, 1.807) is 7.05 Å². The van der Waals surface area contributed by atoms with E-state index in [-0.39, 0.29) is 30.8 Å². The zero-order valence-corrected chi connectivity index (χ0v) is 10.0. The molecule has 1 heterocycles. The highest BCUT2D eigenvalue weighted by Crippen LogP contribution is 2.08. The van der Waals surface area contributed by atoms with Gasteiger partial charge < -0.3 is 10.1 Å². The van der Waals surface area contributed by atoms with Gasteiger partial charge in [0.15, 0.2) is 0 Å². The lowest BCUT2D eigenvalue weighted by Gasteiger charge is -2.34. The second-order valence-corrected chi connectivity index (χ2v) is 5.29. The molecule has 14 heavy (non-hydrogen) atoms. The molecule has 0 amide bonds. The Bertz CT molecular complexity index is 254. The summed E-state index contributed by atoms with van der Waals surface area (Å²) in [5.74, 6) is 0.0660. The van der Waals surface area contributed by atoms with Crippen molar-refractivity contribution < 1.29 is 13.2 Å². The molecule has 1 saturated heterocycles. The minimum absolute atomic E-state index is 0. The third kappa shape index (κ3) is 3.36. The first-order valence-corrected chi connectivity index (χ1v) is 5.84. The van der Waals surface area contributed by atoms with Crippen molar-refractivity contribution in [2.45, 2.75) is 6.04 Å². The van der Waals surface area contributed by atoms with E-state index in [2.05, 4.69) is 5.32 Å². The van der Waals surface area contributed by atoms with E-state index in [0.717, 1.165) is 13.1 Å². The summed E-state index contributed by atoms with van der Waals surface area (Å²) in [4.78, 5) is 0.